The molecule has 174 valence electrons. The Morgan fingerprint density at radius 2 is 1.81 bits per heavy atom. The molecule has 36 heavy (non-hydrogen) atoms. The van der Waals surface area contributed by atoms with E-state index in [0.29, 0.717) is 22.8 Å². The van der Waals surface area contributed by atoms with Gasteiger partial charge in [0.15, 0.2) is 5.82 Å². The van der Waals surface area contributed by atoms with Gasteiger partial charge in [0.25, 0.3) is 5.91 Å². The Labute approximate surface area is 211 Å². The molecule has 6 aromatic rings. The fourth-order valence-electron chi connectivity index (χ4n) is 4.02. The SMILES string of the molecule is Cc1c(C(=O)Nc2cccc(-c3csc(-c4cccnc4)n3)c2)cnn1-c1ccc2ccccc2n1. The molecule has 0 aliphatic rings. The number of carbonyl (C=O) groups is 1. The molecule has 7 nitrogen and oxygen atoms in total. The van der Waals surface area contributed by atoms with Crippen molar-refractivity contribution in [1.82, 2.24) is 24.7 Å². The van der Waals surface area contributed by atoms with Gasteiger partial charge in [0.1, 0.15) is 5.01 Å². The summed E-state index contributed by atoms with van der Waals surface area (Å²) in [6, 6.07) is 23.4. The van der Waals surface area contributed by atoms with E-state index in [0.717, 1.165) is 32.7 Å². The van der Waals surface area contributed by atoms with Crippen molar-refractivity contribution in [2.45, 2.75) is 6.92 Å². The summed E-state index contributed by atoms with van der Waals surface area (Å²) in [5.41, 5.74) is 5.51. The third-order valence-corrected chi connectivity index (χ3v) is 6.78. The largest absolute Gasteiger partial charge is 0.322 e. The molecule has 0 saturated carbocycles. The Morgan fingerprint density at radius 3 is 2.69 bits per heavy atom. The topological polar surface area (TPSA) is 85.6 Å². The lowest BCUT2D eigenvalue weighted by Crippen LogP contribution is -2.13. The van der Waals surface area contributed by atoms with E-state index in [-0.39, 0.29) is 5.91 Å². The number of amides is 1. The maximum Gasteiger partial charge on any atom is 0.259 e. The Kier molecular flexibility index (Phi) is 5.55. The molecular weight excluding hydrogens is 468 g/mol. The van der Waals surface area contributed by atoms with Gasteiger partial charge < -0.3 is 5.32 Å². The highest BCUT2D eigenvalue weighted by atomic mass is 32.1. The Hall–Kier alpha value is -4.69. The predicted octanol–water partition coefficient (Wildman–Crippen LogP) is 6.17. The number of anilines is 1. The molecule has 0 spiro atoms. The van der Waals surface area contributed by atoms with E-state index in [9.17, 15) is 4.79 Å². The van der Waals surface area contributed by atoms with Crippen LogP contribution in [0.5, 0.6) is 0 Å². The van der Waals surface area contributed by atoms with Crippen molar-refractivity contribution in [2.24, 2.45) is 0 Å². The Bertz CT molecular complexity index is 1710. The molecular formula is C28H20N6OS. The minimum Gasteiger partial charge on any atom is -0.322 e. The van der Waals surface area contributed by atoms with Crippen LogP contribution in [0.15, 0.2) is 96.8 Å². The Balaban J connectivity index is 1.23. The molecule has 0 fully saturated rings. The number of pyridine rings is 2. The number of hydrogen-bond donors (Lipinski definition) is 1. The number of hydrogen-bond acceptors (Lipinski definition) is 6. The first-order chi connectivity index (χ1) is 17.7. The van der Waals surface area contributed by atoms with E-state index in [4.69, 9.17) is 9.97 Å². The normalized spacial score (nSPS) is 11.0. The molecule has 4 heterocycles. The average Bonchev–Trinajstić information content (AvgIpc) is 3.56. The van der Waals surface area contributed by atoms with Crippen LogP contribution >= 0.6 is 11.3 Å². The first kappa shape index (κ1) is 21.8. The van der Waals surface area contributed by atoms with Crippen LogP contribution in [0.4, 0.5) is 5.69 Å². The van der Waals surface area contributed by atoms with Crippen LogP contribution in [0, 0.1) is 6.92 Å². The van der Waals surface area contributed by atoms with E-state index in [1.807, 2.05) is 85.1 Å². The molecule has 0 aliphatic heterocycles. The van der Waals surface area contributed by atoms with Gasteiger partial charge in [-0.3, -0.25) is 9.78 Å². The minimum atomic E-state index is -0.231. The number of rotatable bonds is 5. The number of nitrogens with zero attached hydrogens (tertiary/aromatic N) is 5. The summed E-state index contributed by atoms with van der Waals surface area (Å²) in [6.07, 6.45) is 5.12. The number of nitrogens with one attached hydrogen (secondary N) is 1. The summed E-state index contributed by atoms with van der Waals surface area (Å²) in [4.78, 5) is 26.7. The van der Waals surface area contributed by atoms with Gasteiger partial charge >= 0.3 is 0 Å². The van der Waals surface area contributed by atoms with E-state index < -0.39 is 0 Å². The van der Waals surface area contributed by atoms with Gasteiger partial charge in [0.05, 0.1) is 28.7 Å². The summed E-state index contributed by atoms with van der Waals surface area (Å²) >= 11 is 1.56. The number of carbonyl (C=O) groups excluding carboxylic acids is 1. The maximum atomic E-state index is 13.1. The molecule has 4 aromatic heterocycles. The lowest BCUT2D eigenvalue weighted by atomic mass is 10.1. The highest BCUT2D eigenvalue weighted by molar-refractivity contribution is 7.13. The number of para-hydroxylation sites is 1. The van der Waals surface area contributed by atoms with Crippen molar-refractivity contribution in [1.29, 1.82) is 0 Å². The summed E-state index contributed by atoms with van der Waals surface area (Å²) < 4.78 is 1.69. The third kappa shape index (κ3) is 4.14. The molecule has 1 N–H and O–H groups in total. The molecule has 0 atom stereocenters. The molecule has 0 aliphatic carbocycles. The smallest absolute Gasteiger partial charge is 0.259 e. The second-order valence-corrected chi connectivity index (χ2v) is 9.09. The van der Waals surface area contributed by atoms with Gasteiger partial charge in [-0.15, -0.1) is 11.3 Å². The lowest BCUT2D eigenvalue weighted by Gasteiger charge is -2.08. The van der Waals surface area contributed by atoms with Crippen LogP contribution < -0.4 is 5.32 Å². The molecule has 0 bridgehead atoms. The van der Waals surface area contributed by atoms with Crippen LogP contribution in [-0.4, -0.2) is 30.6 Å². The average molecular weight is 489 g/mol. The zero-order valence-corrected chi connectivity index (χ0v) is 20.1. The number of thiazole rings is 1. The highest BCUT2D eigenvalue weighted by Gasteiger charge is 2.17. The number of aromatic nitrogens is 5. The van der Waals surface area contributed by atoms with Gasteiger partial charge in [0.2, 0.25) is 0 Å². The third-order valence-electron chi connectivity index (χ3n) is 5.88. The summed E-state index contributed by atoms with van der Waals surface area (Å²) in [6.45, 7) is 1.87. The van der Waals surface area contributed by atoms with Crippen LogP contribution in [0.2, 0.25) is 0 Å². The van der Waals surface area contributed by atoms with Crippen molar-refractivity contribution in [2.75, 3.05) is 5.32 Å². The first-order valence-corrected chi connectivity index (χ1v) is 12.2. The monoisotopic (exact) mass is 488 g/mol. The second kappa shape index (κ2) is 9.16. The summed E-state index contributed by atoms with van der Waals surface area (Å²) in [5, 5.41) is 11.4. The van der Waals surface area contributed by atoms with Gasteiger partial charge in [-0.1, -0.05) is 30.3 Å². The second-order valence-electron chi connectivity index (χ2n) is 8.23. The first-order valence-electron chi connectivity index (χ1n) is 11.3. The van der Waals surface area contributed by atoms with Gasteiger partial charge in [-0.25, -0.2) is 14.6 Å². The van der Waals surface area contributed by atoms with Crippen molar-refractivity contribution in [3.05, 3.63) is 108 Å². The van der Waals surface area contributed by atoms with E-state index in [1.54, 1.807) is 34.6 Å². The van der Waals surface area contributed by atoms with Gasteiger partial charge in [0, 0.05) is 40.0 Å². The van der Waals surface area contributed by atoms with Crippen molar-refractivity contribution in [3.63, 3.8) is 0 Å². The van der Waals surface area contributed by atoms with E-state index in [2.05, 4.69) is 15.4 Å². The van der Waals surface area contributed by atoms with E-state index >= 15 is 0 Å². The van der Waals surface area contributed by atoms with Crippen LogP contribution in [0.3, 0.4) is 0 Å². The van der Waals surface area contributed by atoms with Gasteiger partial charge in [-0.05, 0) is 49.4 Å². The lowest BCUT2D eigenvalue weighted by molar-refractivity contribution is 0.102. The van der Waals surface area contributed by atoms with Crippen LogP contribution in [0.25, 0.3) is 38.5 Å². The summed E-state index contributed by atoms with van der Waals surface area (Å²) in [5.74, 6) is 0.436. The number of fused-ring (bicyclic) bond motifs is 1. The predicted molar refractivity (Wildman–Crippen MR) is 142 cm³/mol. The standard InChI is InChI=1S/C28H20N6OS/c1-18-23(16-30-34(18)26-12-11-19-6-2-3-10-24(19)32-26)27(35)31-22-9-4-7-20(14-22)25-17-36-28(33-25)21-8-5-13-29-15-21/h2-17H,1H3,(H,31,35). The molecule has 0 unspecified atom stereocenters. The molecule has 0 saturated heterocycles. The number of benzene rings is 2. The fraction of sp³-hybridized carbons (Fsp3) is 0.0357. The van der Waals surface area contributed by atoms with Crippen molar-refractivity contribution < 1.29 is 4.79 Å². The minimum absolute atomic E-state index is 0.231. The molecule has 6 rings (SSSR count). The highest BCUT2D eigenvalue weighted by Crippen LogP contribution is 2.29. The zero-order valence-electron chi connectivity index (χ0n) is 19.3. The molecule has 0 radical (unpaired) electrons. The molecule has 1 amide bonds. The van der Waals surface area contributed by atoms with Gasteiger partial charge in [-0.2, -0.15) is 5.10 Å². The Morgan fingerprint density at radius 1 is 0.917 bits per heavy atom. The quantitative estimate of drug-likeness (QED) is 0.314. The maximum absolute atomic E-state index is 13.1. The van der Waals surface area contributed by atoms with E-state index in [1.165, 1.54) is 0 Å². The van der Waals surface area contributed by atoms with Crippen molar-refractivity contribution >= 4 is 33.8 Å². The fourth-order valence-corrected chi connectivity index (χ4v) is 4.84. The summed E-state index contributed by atoms with van der Waals surface area (Å²) in [7, 11) is 0. The molecule has 8 heteroatoms. The molecule has 2 aromatic carbocycles. The van der Waals surface area contributed by atoms with Crippen LogP contribution in [-0.2, 0) is 0 Å². The zero-order chi connectivity index (χ0) is 24.5. The van der Waals surface area contributed by atoms with Crippen LogP contribution in [0.1, 0.15) is 16.1 Å². The van der Waals surface area contributed by atoms with Crippen molar-refractivity contribution in [3.8, 4) is 27.6 Å².